The second kappa shape index (κ2) is 5.69. The molecule has 0 radical (unpaired) electrons. The van der Waals surface area contributed by atoms with E-state index in [9.17, 15) is 0 Å². The molecule has 6 rings (SSSR count). The zero-order valence-corrected chi connectivity index (χ0v) is 16.6. The topological polar surface area (TPSA) is 13.1 Å². The van der Waals surface area contributed by atoms with Crippen molar-refractivity contribution in [2.75, 3.05) is 0 Å². The van der Waals surface area contributed by atoms with Crippen LogP contribution in [0.1, 0.15) is 0 Å². The van der Waals surface area contributed by atoms with Crippen molar-refractivity contribution in [2.24, 2.45) is 0 Å². The molecule has 6 aromatic rings. The molecule has 0 spiro atoms. The van der Waals surface area contributed by atoms with Gasteiger partial charge in [-0.3, -0.25) is 0 Å². The van der Waals surface area contributed by atoms with Crippen LogP contribution in [0.3, 0.4) is 0 Å². The van der Waals surface area contributed by atoms with Gasteiger partial charge in [0.1, 0.15) is 11.2 Å². The van der Waals surface area contributed by atoms with E-state index < -0.39 is 0 Å². The van der Waals surface area contributed by atoms with Gasteiger partial charge in [0.25, 0.3) is 0 Å². The molecule has 0 fully saturated rings. The van der Waals surface area contributed by atoms with Crippen LogP contribution in [0.5, 0.6) is 0 Å². The van der Waals surface area contributed by atoms with Gasteiger partial charge in [0.15, 0.2) is 0 Å². The summed E-state index contributed by atoms with van der Waals surface area (Å²) in [5.74, 6) is 0. The van der Waals surface area contributed by atoms with Crippen molar-refractivity contribution in [1.29, 1.82) is 0 Å². The zero-order chi connectivity index (χ0) is 18.0. The second-order valence-corrected chi connectivity index (χ2v) is 8.73. The van der Waals surface area contributed by atoms with Crippen molar-refractivity contribution in [3.8, 4) is 11.1 Å². The Labute approximate surface area is 168 Å². The maximum Gasteiger partial charge on any atom is 0.136 e. The molecule has 0 aliphatic rings. The van der Waals surface area contributed by atoms with Gasteiger partial charge in [-0.2, -0.15) is 0 Å². The van der Waals surface area contributed by atoms with Crippen molar-refractivity contribution in [3.63, 3.8) is 0 Å². The van der Waals surface area contributed by atoms with E-state index >= 15 is 0 Å². The fourth-order valence-corrected chi connectivity index (χ4v) is 5.38. The lowest BCUT2D eigenvalue weighted by Gasteiger charge is -2.05. The van der Waals surface area contributed by atoms with Crippen LogP contribution in [0.2, 0.25) is 0 Å². The van der Waals surface area contributed by atoms with Crippen LogP contribution in [0.4, 0.5) is 0 Å². The normalized spacial score (nSPS) is 11.9. The van der Waals surface area contributed by atoms with E-state index in [2.05, 4.69) is 76.6 Å². The largest absolute Gasteiger partial charge is 0.456 e. The lowest BCUT2D eigenvalue weighted by atomic mass is 9.98. The molecule has 0 aliphatic carbocycles. The van der Waals surface area contributed by atoms with Gasteiger partial charge in [0.2, 0.25) is 0 Å². The van der Waals surface area contributed by atoms with Crippen molar-refractivity contribution >= 4 is 69.4 Å². The molecule has 0 amide bonds. The SMILES string of the molecule is Brc1ccc2oc3cccc(-c4ccc5sc6ccccc6c5c4)c3c2c1. The van der Waals surface area contributed by atoms with Gasteiger partial charge >= 0.3 is 0 Å². The quantitative estimate of drug-likeness (QED) is 0.256. The first-order chi connectivity index (χ1) is 13.3. The average Bonchev–Trinajstić information content (AvgIpc) is 3.25. The Hall–Kier alpha value is -2.62. The van der Waals surface area contributed by atoms with E-state index in [4.69, 9.17) is 4.42 Å². The molecular formula is C24H13BrOS. The standard InChI is InChI=1S/C24H13BrOS/c25-15-9-10-20-19(13-15)24-16(5-3-6-21(24)26-20)14-8-11-23-18(12-14)17-4-1-2-7-22(17)27-23/h1-13H. The fraction of sp³-hybridized carbons (Fsp3) is 0. The van der Waals surface area contributed by atoms with Gasteiger partial charge in [-0.1, -0.05) is 52.3 Å². The molecule has 0 atom stereocenters. The smallest absolute Gasteiger partial charge is 0.136 e. The van der Waals surface area contributed by atoms with Gasteiger partial charge in [-0.15, -0.1) is 11.3 Å². The summed E-state index contributed by atoms with van der Waals surface area (Å²) < 4.78 is 9.82. The highest BCUT2D eigenvalue weighted by molar-refractivity contribution is 9.10. The number of fused-ring (bicyclic) bond motifs is 6. The first-order valence-electron chi connectivity index (χ1n) is 8.80. The molecule has 1 nitrogen and oxygen atoms in total. The van der Waals surface area contributed by atoms with Crippen LogP contribution in [0, 0.1) is 0 Å². The van der Waals surface area contributed by atoms with Crippen LogP contribution >= 0.6 is 27.3 Å². The van der Waals surface area contributed by atoms with Crippen molar-refractivity contribution in [2.45, 2.75) is 0 Å². The molecule has 0 unspecified atom stereocenters. The second-order valence-electron chi connectivity index (χ2n) is 6.73. The maximum atomic E-state index is 6.09. The van der Waals surface area contributed by atoms with Crippen LogP contribution in [-0.2, 0) is 0 Å². The predicted octanol–water partition coefficient (Wildman–Crippen LogP) is 8.38. The molecule has 0 saturated heterocycles. The lowest BCUT2D eigenvalue weighted by Crippen LogP contribution is -1.80. The molecule has 0 N–H and O–H groups in total. The molecule has 2 heterocycles. The summed E-state index contributed by atoms with van der Waals surface area (Å²) in [6.07, 6.45) is 0. The Morgan fingerprint density at radius 3 is 2.52 bits per heavy atom. The van der Waals surface area contributed by atoms with Crippen molar-refractivity contribution in [1.82, 2.24) is 0 Å². The third-order valence-electron chi connectivity index (χ3n) is 5.14. The van der Waals surface area contributed by atoms with Gasteiger partial charge in [-0.25, -0.2) is 0 Å². The van der Waals surface area contributed by atoms with E-state index in [1.54, 1.807) is 0 Å². The summed E-state index contributed by atoms with van der Waals surface area (Å²) >= 11 is 5.45. The highest BCUT2D eigenvalue weighted by atomic mass is 79.9. The molecule has 3 heteroatoms. The molecule has 2 aromatic heterocycles. The zero-order valence-electron chi connectivity index (χ0n) is 14.2. The lowest BCUT2D eigenvalue weighted by molar-refractivity contribution is 0.669. The molecular weight excluding hydrogens is 416 g/mol. The number of thiophene rings is 1. The summed E-state index contributed by atoms with van der Waals surface area (Å²) in [6.45, 7) is 0. The third kappa shape index (κ3) is 2.29. The van der Waals surface area contributed by atoms with E-state index in [1.807, 2.05) is 29.5 Å². The molecule has 0 aliphatic heterocycles. The monoisotopic (exact) mass is 428 g/mol. The van der Waals surface area contributed by atoms with Crippen molar-refractivity contribution < 1.29 is 4.42 Å². The van der Waals surface area contributed by atoms with E-state index in [1.165, 1.54) is 36.7 Å². The molecule has 0 bridgehead atoms. The average molecular weight is 429 g/mol. The summed E-state index contributed by atoms with van der Waals surface area (Å²) in [7, 11) is 0. The highest BCUT2D eigenvalue weighted by Crippen LogP contribution is 2.40. The number of hydrogen-bond donors (Lipinski definition) is 0. The minimum Gasteiger partial charge on any atom is -0.456 e. The van der Waals surface area contributed by atoms with Crippen LogP contribution in [0.25, 0.3) is 53.2 Å². The van der Waals surface area contributed by atoms with E-state index in [-0.39, 0.29) is 0 Å². The molecule has 0 saturated carbocycles. The fourth-order valence-electron chi connectivity index (χ4n) is 3.93. The first kappa shape index (κ1) is 15.4. The summed E-state index contributed by atoms with van der Waals surface area (Å²) in [4.78, 5) is 0. The van der Waals surface area contributed by atoms with E-state index in [0.29, 0.717) is 0 Å². The minimum atomic E-state index is 0.919. The Bertz CT molecular complexity index is 1490. The maximum absolute atomic E-state index is 6.09. The summed E-state index contributed by atoms with van der Waals surface area (Å²) in [6, 6.07) is 27.9. The first-order valence-corrected chi connectivity index (χ1v) is 10.4. The Morgan fingerprint density at radius 1 is 0.667 bits per heavy atom. The predicted molar refractivity (Wildman–Crippen MR) is 120 cm³/mol. The number of hydrogen-bond acceptors (Lipinski definition) is 2. The molecule has 128 valence electrons. The number of halogens is 1. The number of furan rings is 1. The molecule has 4 aromatic carbocycles. The van der Waals surface area contributed by atoms with Gasteiger partial charge in [0.05, 0.1) is 0 Å². The summed E-state index contributed by atoms with van der Waals surface area (Å²) in [5, 5.41) is 4.96. The highest BCUT2D eigenvalue weighted by Gasteiger charge is 2.14. The number of benzene rings is 4. The number of rotatable bonds is 1. The van der Waals surface area contributed by atoms with Crippen LogP contribution < -0.4 is 0 Å². The van der Waals surface area contributed by atoms with Gasteiger partial charge < -0.3 is 4.42 Å². The van der Waals surface area contributed by atoms with Gasteiger partial charge in [0, 0.05) is 35.4 Å². The summed E-state index contributed by atoms with van der Waals surface area (Å²) in [5.41, 5.74) is 4.28. The minimum absolute atomic E-state index is 0.919. The van der Waals surface area contributed by atoms with Crippen LogP contribution in [-0.4, -0.2) is 0 Å². The van der Waals surface area contributed by atoms with Crippen molar-refractivity contribution in [3.05, 3.63) is 83.3 Å². The van der Waals surface area contributed by atoms with Gasteiger partial charge in [-0.05, 0) is 53.6 Å². The molecule has 27 heavy (non-hydrogen) atoms. The Morgan fingerprint density at radius 2 is 1.56 bits per heavy atom. The van der Waals surface area contributed by atoms with Crippen LogP contribution in [0.15, 0.2) is 87.8 Å². The Balaban J connectivity index is 1.71. The Kier molecular flexibility index (Phi) is 3.25. The third-order valence-corrected chi connectivity index (χ3v) is 6.79. The van der Waals surface area contributed by atoms with E-state index in [0.717, 1.165) is 21.0 Å².